The van der Waals surface area contributed by atoms with Crippen molar-refractivity contribution in [2.45, 2.75) is 44.6 Å². The molecule has 11 nitrogen and oxygen atoms in total. The minimum Gasteiger partial charge on any atom is -0.489 e. The number of aryl methyl sites for hydroxylation is 1. The molecule has 1 fully saturated rings. The molecule has 0 radical (unpaired) electrons. The molecule has 0 spiro atoms. The molecule has 3 heterocycles. The first-order chi connectivity index (χ1) is 17.8. The van der Waals surface area contributed by atoms with Crippen LogP contribution in [0.15, 0.2) is 55.1 Å². The second-order valence-corrected chi connectivity index (χ2v) is 9.22. The number of aliphatic hydroxyl groups is 1. The largest absolute Gasteiger partial charge is 0.489 e. The van der Waals surface area contributed by atoms with Crippen LogP contribution < -0.4 is 15.8 Å². The normalized spacial score (nSPS) is 21.3. The van der Waals surface area contributed by atoms with Gasteiger partial charge in [0.1, 0.15) is 24.8 Å². The lowest BCUT2D eigenvalue weighted by Crippen LogP contribution is -2.43. The Morgan fingerprint density at radius 1 is 1.22 bits per heavy atom. The lowest BCUT2D eigenvalue weighted by molar-refractivity contribution is -0.152. The van der Waals surface area contributed by atoms with E-state index in [2.05, 4.69) is 20.3 Å². The lowest BCUT2D eigenvalue weighted by Gasteiger charge is -2.17. The summed E-state index contributed by atoms with van der Waals surface area (Å²) in [5, 5.41) is 23.6. The van der Waals surface area contributed by atoms with Gasteiger partial charge in [0.05, 0.1) is 12.4 Å². The molecule has 37 heavy (non-hydrogen) atoms. The number of halogens is 1. The highest BCUT2D eigenvalue weighted by molar-refractivity contribution is 6.30. The Bertz CT molecular complexity index is 1430. The van der Waals surface area contributed by atoms with Crippen LogP contribution in [0.1, 0.15) is 22.9 Å². The van der Waals surface area contributed by atoms with Gasteiger partial charge in [0.2, 0.25) is 0 Å². The number of hydrogen-bond acceptors (Lipinski definition) is 9. The summed E-state index contributed by atoms with van der Waals surface area (Å²) < 4.78 is 13.0. The number of imidazole rings is 1. The Morgan fingerprint density at radius 2 is 2.00 bits per heavy atom. The van der Waals surface area contributed by atoms with E-state index in [4.69, 9.17) is 26.8 Å². The lowest BCUT2D eigenvalue weighted by atomic mass is 10.1. The van der Waals surface area contributed by atoms with Crippen molar-refractivity contribution in [1.82, 2.24) is 19.5 Å². The van der Waals surface area contributed by atoms with Gasteiger partial charge in [-0.25, -0.2) is 19.7 Å². The van der Waals surface area contributed by atoms with Crippen molar-refractivity contribution in [3.8, 4) is 5.75 Å². The molecule has 0 aliphatic carbocycles. The Morgan fingerprint density at radius 3 is 2.73 bits per heavy atom. The number of carbonyl (C=O) groups is 1. The van der Waals surface area contributed by atoms with E-state index in [0.717, 1.165) is 11.1 Å². The zero-order valence-corrected chi connectivity index (χ0v) is 20.5. The van der Waals surface area contributed by atoms with Crippen molar-refractivity contribution in [3.63, 3.8) is 0 Å². The molecule has 5 N–H and O–H groups in total. The maximum atomic E-state index is 11.4. The zero-order valence-electron chi connectivity index (χ0n) is 19.8. The number of aliphatic hydroxyl groups excluding tert-OH is 1. The SMILES string of the molecule is Cc1ccc(COc2ccc(Cl)cc2CNc2ncnc3c2ncn3C2OC(C(=O)O)C(N)C2O)cc1. The van der Waals surface area contributed by atoms with Gasteiger partial charge in [-0.3, -0.25) is 4.57 Å². The quantitative estimate of drug-likeness (QED) is 0.270. The van der Waals surface area contributed by atoms with Crippen molar-refractivity contribution in [3.05, 3.63) is 76.8 Å². The maximum Gasteiger partial charge on any atom is 0.334 e. The summed E-state index contributed by atoms with van der Waals surface area (Å²) in [5.74, 6) is -0.151. The first kappa shape index (κ1) is 24.9. The van der Waals surface area contributed by atoms with Gasteiger partial charge in [-0.1, -0.05) is 41.4 Å². The highest BCUT2D eigenvalue weighted by Gasteiger charge is 2.46. The first-order valence-electron chi connectivity index (χ1n) is 11.5. The number of aromatic nitrogens is 4. The first-order valence-corrected chi connectivity index (χ1v) is 11.9. The van der Waals surface area contributed by atoms with Crippen molar-refractivity contribution in [2.75, 3.05) is 5.32 Å². The molecule has 12 heteroatoms. The van der Waals surface area contributed by atoms with Crippen LogP contribution in [0.3, 0.4) is 0 Å². The molecular weight excluding hydrogens is 500 g/mol. The van der Waals surface area contributed by atoms with E-state index < -0.39 is 30.4 Å². The van der Waals surface area contributed by atoms with Gasteiger partial charge in [-0.05, 0) is 30.7 Å². The average Bonchev–Trinajstić information content (AvgIpc) is 3.44. The van der Waals surface area contributed by atoms with Crippen molar-refractivity contribution in [1.29, 1.82) is 0 Å². The molecule has 4 unspecified atom stereocenters. The van der Waals surface area contributed by atoms with Gasteiger partial charge in [-0.2, -0.15) is 0 Å². The van der Waals surface area contributed by atoms with Crippen molar-refractivity contribution in [2.24, 2.45) is 5.73 Å². The molecule has 2 aromatic carbocycles. The number of rotatable bonds is 8. The Balaban J connectivity index is 1.35. The summed E-state index contributed by atoms with van der Waals surface area (Å²) in [7, 11) is 0. The van der Waals surface area contributed by atoms with Gasteiger partial charge in [0.15, 0.2) is 29.3 Å². The third kappa shape index (κ3) is 5.07. The molecular formula is C25H25ClN6O5. The summed E-state index contributed by atoms with van der Waals surface area (Å²) in [6.07, 6.45) is -0.919. The van der Waals surface area contributed by atoms with Gasteiger partial charge in [-0.15, -0.1) is 0 Å². The summed E-state index contributed by atoms with van der Waals surface area (Å²) in [4.78, 5) is 24.3. The molecule has 1 saturated heterocycles. The number of benzene rings is 2. The van der Waals surface area contributed by atoms with E-state index in [1.807, 2.05) is 43.3 Å². The van der Waals surface area contributed by atoms with Gasteiger partial charge in [0.25, 0.3) is 0 Å². The molecule has 0 bridgehead atoms. The number of ether oxygens (including phenoxy) is 2. The predicted molar refractivity (Wildman–Crippen MR) is 135 cm³/mol. The number of nitrogens with one attached hydrogen (secondary N) is 1. The number of hydrogen-bond donors (Lipinski definition) is 4. The molecule has 2 aromatic heterocycles. The van der Waals surface area contributed by atoms with E-state index in [0.29, 0.717) is 40.9 Å². The molecule has 4 atom stereocenters. The van der Waals surface area contributed by atoms with Gasteiger partial charge < -0.3 is 30.7 Å². The summed E-state index contributed by atoms with van der Waals surface area (Å²) in [5.41, 5.74) is 9.64. The summed E-state index contributed by atoms with van der Waals surface area (Å²) >= 11 is 6.25. The maximum absolute atomic E-state index is 11.4. The fraction of sp³-hybridized carbons (Fsp3) is 0.280. The number of nitrogens with two attached hydrogens (primary N) is 1. The van der Waals surface area contributed by atoms with Gasteiger partial charge in [0, 0.05) is 17.1 Å². The van der Waals surface area contributed by atoms with Crippen LogP contribution >= 0.6 is 11.6 Å². The fourth-order valence-electron chi connectivity index (χ4n) is 4.16. The third-order valence-corrected chi connectivity index (χ3v) is 6.42. The molecule has 1 aliphatic heterocycles. The number of carboxylic acid groups (broad SMARTS) is 1. The van der Waals surface area contributed by atoms with Crippen LogP contribution in [0, 0.1) is 6.92 Å². The predicted octanol–water partition coefficient (Wildman–Crippen LogP) is 2.65. The fourth-order valence-corrected chi connectivity index (χ4v) is 4.36. The smallest absolute Gasteiger partial charge is 0.334 e. The second kappa shape index (κ2) is 10.3. The van der Waals surface area contributed by atoms with E-state index >= 15 is 0 Å². The second-order valence-electron chi connectivity index (χ2n) is 8.78. The number of fused-ring (bicyclic) bond motifs is 1. The summed E-state index contributed by atoms with van der Waals surface area (Å²) in [6, 6.07) is 12.4. The highest BCUT2D eigenvalue weighted by Crippen LogP contribution is 2.32. The highest BCUT2D eigenvalue weighted by atomic mass is 35.5. The summed E-state index contributed by atoms with van der Waals surface area (Å²) in [6.45, 7) is 2.77. The monoisotopic (exact) mass is 524 g/mol. The van der Waals surface area contributed by atoms with E-state index in [1.165, 1.54) is 22.8 Å². The van der Waals surface area contributed by atoms with E-state index in [1.54, 1.807) is 6.07 Å². The van der Waals surface area contributed by atoms with Crippen LogP contribution in [-0.4, -0.2) is 54.0 Å². The average molecular weight is 525 g/mol. The Kier molecular flexibility index (Phi) is 6.94. The standard InChI is InChI=1S/C25H25ClN6O5/c1-13-2-4-14(5-3-13)10-36-17-7-6-16(26)8-15(17)9-28-22-19-23(30-11-29-22)32(12-31-19)24-20(33)18(27)21(37-24)25(34)35/h2-8,11-12,18,20-21,24,33H,9-10,27H2,1H3,(H,34,35)(H,28,29,30). The number of nitrogens with zero attached hydrogens (tertiary/aromatic N) is 4. The number of anilines is 1. The third-order valence-electron chi connectivity index (χ3n) is 6.18. The van der Waals surface area contributed by atoms with Crippen LogP contribution in [-0.2, 0) is 22.7 Å². The molecule has 0 amide bonds. The Labute approximate surface area is 216 Å². The molecule has 1 aliphatic rings. The van der Waals surface area contributed by atoms with Crippen LogP contribution in [0.5, 0.6) is 5.75 Å². The van der Waals surface area contributed by atoms with Crippen molar-refractivity contribution < 1.29 is 24.5 Å². The van der Waals surface area contributed by atoms with E-state index in [-0.39, 0.29) is 0 Å². The minimum atomic E-state index is -1.35. The van der Waals surface area contributed by atoms with E-state index in [9.17, 15) is 15.0 Å². The molecule has 0 saturated carbocycles. The molecule has 4 aromatic rings. The van der Waals surface area contributed by atoms with Crippen LogP contribution in [0.4, 0.5) is 5.82 Å². The van der Waals surface area contributed by atoms with Crippen LogP contribution in [0.25, 0.3) is 11.2 Å². The molecule has 192 valence electrons. The number of carboxylic acids is 1. The minimum absolute atomic E-state index is 0.331. The van der Waals surface area contributed by atoms with Gasteiger partial charge >= 0.3 is 5.97 Å². The topological polar surface area (TPSA) is 158 Å². The Hall–Kier alpha value is -3.77. The number of aliphatic carboxylic acids is 1. The zero-order chi connectivity index (χ0) is 26.1. The van der Waals surface area contributed by atoms with Crippen LogP contribution in [0.2, 0.25) is 5.02 Å². The van der Waals surface area contributed by atoms with Crippen molar-refractivity contribution >= 4 is 34.6 Å². The molecule has 5 rings (SSSR count).